The molecular formula is C21H31N5O3. The highest BCUT2D eigenvalue weighted by atomic mass is 16.5. The molecule has 0 fully saturated rings. The summed E-state index contributed by atoms with van der Waals surface area (Å²) in [5.74, 6) is 1.51. The Labute approximate surface area is 172 Å². The molecule has 1 heterocycles. The van der Waals surface area contributed by atoms with Crippen molar-refractivity contribution < 1.29 is 13.9 Å². The minimum atomic E-state index is -0.0353. The molecule has 0 saturated carbocycles. The lowest BCUT2D eigenvalue weighted by Crippen LogP contribution is -2.37. The van der Waals surface area contributed by atoms with Crippen molar-refractivity contribution in [2.45, 2.75) is 19.6 Å². The van der Waals surface area contributed by atoms with Gasteiger partial charge in [0.25, 0.3) is 0 Å². The summed E-state index contributed by atoms with van der Waals surface area (Å²) in [6.45, 7) is 2.83. The van der Waals surface area contributed by atoms with Crippen molar-refractivity contribution in [2.75, 3.05) is 46.2 Å². The van der Waals surface area contributed by atoms with Crippen LogP contribution in [0, 0.1) is 0 Å². The van der Waals surface area contributed by atoms with Crippen LogP contribution in [0.3, 0.4) is 0 Å². The number of anilines is 1. The van der Waals surface area contributed by atoms with Crippen LogP contribution in [0.2, 0.25) is 0 Å². The van der Waals surface area contributed by atoms with Crippen molar-refractivity contribution in [1.29, 1.82) is 0 Å². The van der Waals surface area contributed by atoms with E-state index in [2.05, 4.69) is 20.9 Å². The molecule has 8 heteroatoms. The number of hydrogen-bond donors (Lipinski definition) is 3. The normalized spacial score (nSPS) is 11.5. The highest BCUT2D eigenvalue weighted by molar-refractivity contribution is 5.92. The summed E-state index contributed by atoms with van der Waals surface area (Å²) in [5, 5.41) is 9.44. The molecule has 0 saturated heterocycles. The average Bonchev–Trinajstić information content (AvgIpc) is 3.20. The molecule has 0 radical (unpaired) electrons. The molecule has 1 aromatic carbocycles. The number of amides is 1. The van der Waals surface area contributed by atoms with E-state index in [-0.39, 0.29) is 5.91 Å². The molecule has 0 spiro atoms. The second-order valence-electron chi connectivity index (χ2n) is 6.82. The molecule has 29 heavy (non-hydrogen) atoms. The Balaban J connectivity index is 1.66. The van der Waals surface area contributed by atoms with Crippen LogP contribution in [0.5, 0.6) is 0 Å². The summed E-state index contributed by atoms with van der Waals surface area (Å²) in [4.78, 5) is 18.0. The van der Waals surface area contributed by atoms with E-state index in [9.17, 15) is 4.79 Å². The number of nitrogens with zero attached hydrogens (tertiary/aromatic N) is 2. The Hall–Kier alpha value is -2.84. The fourth-order valence-corrected chi connectivity index (χ4v) is 2.60. The van der Waals surface area contributed by atoms with E-state index in [4.69, 9.17) is 9.15 Å². The van der Waals surface area contributed by atoms with Gasteiger partial charge in [0, 0.05) is 32.4 Å². The van der Waals surface area contributed by atoms with Gasteiger partial charge >= 0.3 is 0 Å². The largest absolute Gasteiger partial charge is 0.467 e. The highest BCUT2D eigenvalue weighted by Gasteiger charge is 2.05. The number of nitrogens with one attached hydrogen (secondary N) is 3. The molecule has 2 aromatic rings. The third-order valence-electron chi connectivity index (χ3n) is 3.94. The number of guanidine groups is 1. The van der Waals surface area contributed by atoms with Gasteiger partial charge in [-0.2, -0.15) is 0 Å². The summed E-state index contributed by atoms with van der Waals surface area (Å²) >= 11 is 0. The lowest BCUT2D eigenvalue weighted by atomic mass is 10.2. The molecule has 0 aliphatic heterocycles. The lowest BCUT2D eigenvalue weighted by Gasteiger charge is -2.13. The summed E-state index contributed by atoms with van der Waals surface area (Å²) in [5.41, 5.74) is 1.84. The quantitative estimate of drug-likeness (QED) is 0.303. The number of benzene rings is 1. The highest BCUT2D eigenvalue weighted by Crippen LogP contribution is 2.10. The summed E-state index contributed by atoms with van der Waals surface area (Å²) in [7, 11) is 5.47. The molecule has 2 rings (SSSR count). The Morgan fingerprint density at radius 1 is 1.21 bits per heavy atom. The average molecular weight is 402 g/mol. The first-order valence-corrected chi connectivity index (χ1v) is 9.65. The van der Waals surface area contributed by atoms with Crippen molar-refractivity contribution in [3.05, 3.63) is 54.0 Å². The molecule has 0 aliphatic rings. The number of rotatable bonds is 11. The van der Waals surface area contributed by atoms with E-state index in [0.717, 1.165) is 35.9 Å². The van der Waals surface area contributed by atoms with Crippen LogP contribution in [0.25, 0.3) is 0 Å². The fraction of sp³-hybridized carbons (Fsp3) is 0.429. The monoisotopic (exact) mass is 401 g/mol. The van der Waals surface area contributed by atoms with Gasteiger partial charge in [-0.15, -0.1) is 0 Å². The predicted octanol–water partition coefficient (Wildman–Crippen LogP) is 2.05. The lowest BCUT2D eigenvalue weighted by molar-refractivity contribution is -0.116. The third kappa shape index (κ3) is 9.27. The van der Waals surface area contributed by atoms with E-state index in [0.29, 0.717) is 26.3 Å². The maximum absolute atomic E-state index is 11.9. The molecule has 3 N–H and O–H groups in total. The van der Waals surface area contributed by atoms with E-state index in [1.54, 1.807) is 13.3 Å². The van der Waals surface area contributed by atoms with Gasteiger partial charge in [-0.3, -0.25) is 9.79 Å². The smallest absolute Gasteiger partial charge is 0.238 e. The Morgan fingerprint density at radius 2 is 2.07 bits per heavy atom. The van der Waals surface area contributed by atoms with Gasteiger partial charge in [-0.1, -0.05) is 12.1 Å². The Kier molecular flexibility index (Phi) is 9.74. The summed E-state index contributed by atoms with van der Waals surface area (Å²) in [6.07, 6.45) is 2.50. The maximum Gasteiger partial charge on any atom is 0.238 e. The van der Waals surface area contributed by atoms with Crippen LogP contribution in [-0.4, -0.2) is 57.6 Å². The Morgan fingerprint density at radius 3 is 2.79 bits per heavy atom. The zero-order chi connectivity index (χ0) is 20.9. The second kappa shape index (κ2) is 12.6. The summed E-state index contributed by atoms with van der Waals surface area (Å²) in [6, 6.07) is 11.5. The zero-order valence-electron chi connectivity index (χ0n) is 17.4. The molecule has 1 aromatic heterocycles. The molecule has 0 aliphatic carbocycles. The first-order chi connectivity index (χ1) is 14.1. The van der Waals surface area contributed by atoms with Gasteiger partial charge < -0.3 is 30.0 Å². The minimum absolute atomic E-state index is 0.0353. The van der Waals surface area contributed by atoms with Crippen LogP contribution in [0.1, 0.15) is 17.7 Å². The fourth-order valence-electron chi connectivity index (χ4n) is 2.60. The number of likely N-dealkylation sites (N-methyl/N-ethyl adjacent to an activating group) is 1. The minimum Gasteiger partial charge on any atom is -0.467 e. The van der Waals surface area contributed by atoms with Crippen molar-refractivity contribution in [1.82, 2.24) is 15.5 Å². The van der Waals surface area contributed by atoms with Gasteiger partial charge in [-0.05, 0) is 50.3 Å². The third-order valence-corrected chi connectivity index (χ3v) is 3.94. The van der Waals surface area contributed by atoms with Crippen LogP contribution in [0.15, 0.2) is 52.1 Å². The molecule has 0 atom stereocenters. The van der Waals surface area contributed by atoms with Gasteiger partial charge in [0.05, 0.1) is 12.8 Å². The predicted molar refractivity (Wildman–Crippen MR) is 115 cm³/mol. The Bertz CT molecular complexity index is 759. The first kappa shape index (κ1) is 22.4. The SMILES string of the molecule is CN=C(NCCCOCc1ccco1)NCc1cccc(NC(=O)CN(C)C)c1. The molecule has 8 nitrogen and oxygen atoms in total. The van der Waals surface area contributed by atoms with Crippen molar-refractivity contribution in [2.24, 2.45) is 4.99 Å². The first-order valence-electron chi connectivity index (χ1n) is 9.65. The number of furan rings is 1. The number of carbonyl (C=O) groups is 1. The summed E-state index contributed by atoms with van der Waals surface area (Å²) < 4.78 is 10.8. The van der Waals surface area contributed by atoms with E-state index < -0.39 is 0 Å². The molecular weight excluding hydrogens is 370 g/mol. The van der Waals surface area contributed by atoms with E-state index in [1.165, 1.54) is 0 Å². The van der Waals surface area contributed by atoms with Crippen molar-refractivity contribution in [3.63, 3.8) is 0 Å². The van der Waals surface area contributed by atoms with Gasteiger partial charge in [0.1, 0.15) is 12.4 Å². The van der Waals surface area contributed by atoms with Crippen molar-refractivity contribution >= 4 is 17.6 Å². The number of carbonyl (C=O) groups excluding carboxylic acids is 1. The molecule has 1 amide bonds. The van der Waals surface area contributed by atoms with Crippen LogP contribution >= 0.6 is 0 Å². The molecule has 0 unspecified atom stereocenters. The molecule has 0 bridgehead atoms. The van der Waals surface area contributed by atoms with Crippen LogP contribution < -0.4 is 16.0 Å². The number of hydrogen-bond acceptors (Lipinski definition) is 5. The number of ether oxygens (including phenoxy) is 1. The topological polar surface area (TPSA) is 91.1 Å². The van der Waals surface area contributed by atoms with Gasteiger partial charge in [0.2, 0.25) is 5.91 Å². The maximum atomic E-state index is 11.9. The molecule has 158 valence electrons. The second-order valence-corrected chi connectivity index (χ2v) is 6.82. The van der Waals surface area contributed by atoms with E-state index >= 15 is 0 Å². The van der Waals surface area contributed by atoms with Gasteiger partial charge in [0.15, 0.2) is 5.96 Å². The number of aliphatic imine (C=N–C) groups is 1. The van der Waals surface area contributed by atoms with E-state index in [1.807, 2.05) is 55.4 Å². The standard InChI is InChI=1S/C21H31N5O3/c1-22-21(23-10-6-11-28-16-19-9-5-12-29-19)24-14-17-7-4-8-18(13-17)25-20(27)15-26(2)3/h4-5,7-9,12-13H,6,10-11,14-16H2,1-3H3,(H,25,27)(H2,22,23,24). The van der Waals surface area contributed by atoms with Crippen LogP contribution in [0.4, 0.5) is 5.69 Å². The zero-order valence-corrected chi connectivity index (χ0v) is 17.4. The van der Waals surface area contributed by atoms with Gasteiger partial charge in [-0.25, -0.2) is 0 Å². The van der Waals surface area contributed by atoms with Crippen LogP contribution in [-0.2, 0) is 22.7 Å². The van der Waals surface area contributed by atoms with Crippen molar-refractivity contribution in [3.8, 4) is 0 Å².